The van der Waals surface area contributed by atoms with Crippen molar-refractivity contribution in [3.63, 3.8) is 0 Å². The monoisotopic (exact) mass is 234 g/mol. The van der Waals surface area contributed by atoms with E-state index in [1.54, 1.807) is 0 Å². The molecule has 0 aromatic carbocycles. The Bertz CT molecular complexity index is 16.3. The fourth-order valence-corrected chi connectivity index (χ4v) is 1.20. The van der Waals surface area contributed by atoms with E-state index in [2.05, 4.69) is 25.2 Å². The normalized spacial score (nSPS) is 7.00. The van der Waals surface area contributed by atoms with Crippen LogP contribution >= 0.6 is 42.2 Å². The van der Waals surface area contributed by atoms with E-state index in [9.17, 15) is 0 Å². The van der Waals surface area contributed by atoms with Crippen LogP contribution in [0.1, 0.15) is 6.42 Å². The van der Waals surface area contributed by atoms with Gasteiger partial charge in [0.1, 0.15) is 0 Å². The van der Waals surface area contributed by atoms with Gasteiger partial charge in [0.15, 0.2) is 0 Å². The summed E-state index contributed by atoms with van der Waals surface area (Å²) in [6.45, 7) is 0. The molecular weight excluding hydrogens is 227 g/mol. The van der Waals surface area contributed by atoms with Crippen LogP contribution in [0.15, 0.2) is 0 Å². The van der Waals surface area contributed by atoms with Crippen molar-refractivity contribution in [3.8, 4) is 0 Å². The maximum atomic E-state index is 3.30. The van der Waals surface area contributed by atoms with Crippen LogP contribution in [0.25, 0.3) is 0 Å². The zero-order chi connectivity index (χ0) is 4.12. The van der Waals surface area contributed by atoms with Gasteiger partial charge in [-0.05, 0) is 12.6 Å². The third-order valence-electron chi connectivity index (χ3n) is 0.338. The zero-order valence-electron chi connectivity index (χ0n) is 3.48. The van der Waals surface area contributed by atoms with Crippen molar-refractivity contribution in [1.29, 1.82) is 0 Å². The van der Waals surface area contributed by atoms with Gasteiger partial charge >= 0.3 is 0 Å². The molecule has 0 radical (unpaired) electrons. The average molecular weight is 236 g/mol. The third-order valence-corrected chi connectivity index (χ3v) is 1.31. The fraction of sp³-hybridized carbons (Fsp3) is 1.00. The molecule has 0 spiro atoms. The van der Waals surface area contributed by atoms with E-state index in [-0.39, 0.29) is 17.0 Å². The maximum absolute atomic E-state index is 3.30. The fourth-order valence-electron chi connectivity index (χ4n) is 0.0772. The minimum atomic E-state index is 0. The summed E-state index contributed by atoms with van der Waals surface area (Å²) in [5, 5.41) is 1.14. The molecule has 1 atom stereocenters. The van der Waals surface area contributed by atoms with E-state index in [1.165, 1.54) is 12.6 Å². The molecule has 0 heterocycles. The van der Waals surface area contributed by atoms with E-state index in [1.807, 2.05) is 0 Å². The molecule has 0 aliphatic heterocycles. The van der Waals surface area contributed by atoms with Gasteiger partial charge in [0.25, 0.3) is 0 Å². The predicted molar refractivity (Wildman–Crippen MR) is 43.3 cm³/mol. The smallest absolute Gasteiger partial charge is 0.00344 e. The lowest BCUT2D eigenvalue weighted by molar-refractivity contribution is 1.14. The van der Waals surface area contributed by atoms with Crippen LogP contribution in [0, 0.1) is 0 Å². The summed E-state index contributed by atoms with van der Waals surface area (Å²) < 4.78 is 0. The highest BCUT2D eigenvalue weighted by Crippen LogP contribution is 1.90. The molecule has 0 saturated heterocycles. The Balaban J connectivity index is 0. The molecule has 6 heavy (non-hydrogen) atoms. The van der Waals surface area contributed by atoms with Gasteiger partial charge in [-0.2, -0.15) is 0 Å². The summed E-state index contributed by atoms with van der Waals surface area (Å²) in [4.78, 5) is 0. The number of hydrogen-bond donors (Lipinski definition) is 0. The van der Waals surface area contributed by atoms with E-state index in [4.69, 9.17) is 0 Å². The number of alkyl halides is 1. The van der Waals surface area contributed by atoms with Crippen LogP contribution in [-0.4, -0.2) is 11.5 Å². The third kappa shape index (κ3) is 9.04. The van der Waals surface area contributed by atoms with Crippen LogP contribution in [-0.2, 0) is 0 Å². The molecule has 0 amide bonds. The second kappa shape index (κ2) is 9.63. The lowest BCUT2D eigenvalue weighted by Gasteiger charge is -1.77. The largest absolute Gasteiger partial charge is 0.138 e. The molecule has 0 aromatic rings. The van der Waals surface area contributed by atoms with Gasteiger partial charge in [0.05, 0.1) is 0 Å². The van der Waals surface area contributed by atoms with Crippen molar-refractivity contribution < 1.29 is 0 Å². The van der Waals surface area contributed by atoms with Crippen LogP contribution < -0.4 is 0 Å². The van der Waals surface area contributed by atoms with E-state index < -0.39 is 0 Å². The lowest BCUT2D eigenvalue weighted by atomic mass is 10.6. The Morgan fingerprint density at radius 1 is 1.50 bits per heavy atom. The molecule has 0 bridgehead atoms. The molecule has 1 unspecified atom stereocenters. The van der Waals surface area contributed by atoms with Crippen LogP contribution in [0.4, 0.5) is 0 Å². The Kier molecular flexibility index (Phi) is 16.7. The second-order valence-electron chi connectivity index (χ2n) is 0.831. The minimum absolute atomic E-state index is 0. The molecule has 40 valence electrons. The van der Waals surface area contributed by atoms with Crippen LogP contribution in [0.3, 0.4) is 0 Å². The summed E-state index contributed by atoms with van der Waals surface area (Å²) in [6.07, 6.45) is 2.48. The molecule has 0 aromatic heterocycles. The quantitative estimate of drug-likeness (QED) is 0.509. The minimum Gasteiger partial charge on any atom is -0.138 e. The molecule has 0 N–H and O–H groups in total. The first-order valence-electron chi connectivity index (χ1n) is 1.68. The van der Waals surface area contributed by atoms with E-state index in [0.717, 1.165) is 5.33 Å². The molecule has 0 aliphatic carbocycles. The van der Waals surface area contributed by atoms with Gasteiger partial charge in [0.2, 0.25) is 0 Å². The van der Waals surface area contributed by atoms with Gasteiger partial charge in [-0.15, -0.1) is 26.2 Å². The zero-order valence-corrected chi connectivity index (χ0v) is 7.94. The van der Waals surface area contributed by atoms with Crippen molar-refractivity contribution in [1.82, 2.24) is 0 Å². The first kappa shape index (κ1) is 10.4. The number of rotatable bonds is 2. The highest BCUT2D eigenvalue weighted by Gasteiger charge is 1.69. The van der Waals surface area contributed by atoms with Crippen LogP contribution in [0.5, 0.6) is 0 Å². The molecule has 0 aliphatic rings. The van der Waals surface area contributed by atoms with Crippen molar-refractivity contribution in [2.24, 2.45) is 0 Å². The molecular formula is C3H9Br2P. The lowest BCUT2D eigenvalue weighted by Crippen LogP contribution is -1.69. The predicted octanol–water partition coefficient (Wildman–Crippen LogP) is 2.22. The van der Waals surface area contributed by atoms with Crippen molar-refractivity contribution in [3.05, 3.63) is 0 Å². The summed E-state index contributed by atoms with van der Waals surface area (Å²) in [7, 11) is 2.67. The summed E-state index contributed by atoms with van der Waals surface area (Å²) in [6, 6.07) is 0. The summed E-state index contributed by atoms with van der Waals surface area (Å²) in [5.74, 6) is 0. The first-order chi connectivity index (χ1) is 2.41. The Labute approximate surface area is 60.2 Å². The molecule has 0 fully saturated rings. The first-order valence-corrected chi connectivity index (χ1v) is 3.61. The maximum Gasteiger partial charge on any atom is 0.00344 e. The molecule has 0 saturated carbocycles. The molecule has 3 heteroatoms. The van der Waals surface area contributed by atoms with E-state index >= 15 is 0 Å². The topological polar surface area (TPSA) is 0 Å². The van der Waals surface area contributed by atoms with Gasteiger partial charge in [-0.25, -0.2) is 0 Å². The van der Waals surface area contributed by atoms with Gasteiger partial charge in [-0.3, -0.25) is 0 Å². The standard InChI is InChI=1S/C3H8BrP.BrH/c4-2-1-3-5;/h1-3,5H2;1H. The van der Waals surface area contributed by atoms with Crippen molar-refractivity contribution in [2.45, 2.75) is 6.42 Å². The molecule has 0 rings (SSSR count). The summed E-state index contributed by atoms with van der Waals surface area (Å²) in [5.41, 5.74) is 0. The van der Waals surface area contributed by atoms with Crippen molar-refractivity contribution in [2.75, 3.05) is 11.5 Å². The Hall–Kier alpha value is 1.39. The second-order valence-corrected chi connectivity index (χ2v) is 2.20. The van der Waals surface area contributed by atoms with Crippen molar-refractivity contribution >= 4 is 42.2 Å². The van der Waals surface area contributed by atoms with Crippen LogP contribution in [0.2, 0.25) is 0 Å². The number of halogens is 2. The highest BCUT2D eigenvalue weighted by atomic mass is 79.9. The summed E-state index contributed by atoms with van der Waals surface area (Å²) >= 11 is 3.30. The van der Waals surface area contributed by atoms with Gasteiger partial charge in [0, 0.05) is 5.33 Å². The van der Waals surface area contributed by atoms with Gasteiger partial charge in [-0.1, -0.05) is 15.9 Å². The Morgan fingerprint density at radius 2 is 2.00 bits per heavy atom. The SMILES string of the molecule is Br.PCCCBr. The Morgan fingerprint density at radius 3 is 2.00 bits per heavy atom. The molecule has 0 nitrogen and oxygen atoms in total. The van der Waals surface area contributed by atoms with E-state index in [0.29, 0.717) is 0 Å². The average Bonchev–Trinajstić information content (AvgIpc) is 1.41. The van der Waals surface area contributed by atoms with Gasteiger partial charge < -0.3 is 0 Å². The highest BCUT2D eigenvalue weighted by molar-refractivity contribution is 9.09. The number of hydrogen-bond acceptors (Lipinski definition) is 0.